The molecular weight excluding hydrogens is 272 g/mol. The molecule has 3 nitrogen and oxygen atoms in total. The Morgan fingerprint density at radius 2 is 1.95 bits per heavy atom. The van der Waals surface area contributed by atoms with Gasteiger partial charge in [-0.1, -0.05) is 12.1 Å². The first-order valence-corrected chi connectivity index (χ1v) is 5.77. The lowest BCUT2D eigenvalue weighted by molar-refractivity contribution is 0.427. The molecule has 6 heteroatoms. The number of benzene rings is 1. The van der Waals surface area contributed by atoms with E-state index in [0.717, 1.165) is 16.9 Å². The third kappa shape index (κ3) is 4.21. The van der Waals surface area contributed by atoms with Crippen LogP contribution in [-0.2, 0) is 13.1 Å². The predicted molar refractivity (Wildman–Crippen MR) is 73.9 cm³/mol. The van der Waals surface area contributed by atoms with Gasteiger partial charge in [0.2, 0.25) is 0 Å². The zero-order chi connectivity index (χ0) is 13.0. The van der Waals surface area contributed by atoms with Gasteiger partial charge in [-0.05, 0) is 24.6 Å². The SMILES string of the molecule is Cc1cn(CCF)nc1NCc1ccc(F)cc1.Cl. The Labute approximate surface area is 117 Å². The Morgan fingerprint density at radius 3 is 2.58 bits per heavy atom. The highest BCUT2D eigenvalue weighted by Gasteiger charge is 2.04. The summed E-state index contributed by atoms with van der Waals surface area (Å²) in [4.78, 5) is 0. The Hall–Kier alpha value is -1.62. The maximum atomic E-state index is 12.7. The predicted octanol–water partition coefficient (Wildman–Crippen LogP) is 3.33. The number of rotatable bonds is 5. The van der Waals surface area contributed by atoms with Gasteiger partial charge in [0.05, 0.1) is 6.54 Å². The molecule has 0 fully saturated rings. The first kappa shape index (κ1) is 15.4. The van der Waals surface area contributed by atoms with Crippen molar-refractivity contribution in [2.24, 2.45) is 0 Å². The molecule has 0 unspecified atom stereocenters. The van der Waals surface area contributed by atoms with Crippen LogP contribution >= 0.6 is 12.4 Å². The second kappa shape index (κ2) is 7.09. The van der Waals surface area contributed by atoms with E-state index in [9.17, 15) is 8.78 Å². The summed E-state index contributed by atoms with van der Waals surface area (Å²) in [6.07, 6.45) is 1.80. The molecule has 0 atom stereocenters. The summed E-state index contributed by atoms with van der Waals surface area (Å²) in [5.41, 5.74) is 1.93. The van der Waals surface area contributed by atoms with Gasteiger partial charge >= 0.3 is 0 Å². The molecule has 2 rings (SSSR count). The average Bonchev–Trinajstić information content (AvgIpc) is 2.70. The molecule has 1 aromatic carbocycles. The highest BCUT2D eigenvalue weighted by atomic mass is 35.5. The van der Waals surface area contributed by atoms with Crippen LogP contribution in [0.4, 0.5) is 14.6 Å². The number of nitrogens with zero attached hydrogens (tertiary/aromatic N) is 2. The van der Waals surface area contributed by atoms with Crippen LogP contribution in [0.25, 0.3) is 0 Å². The van der Waals surface area contributed by atoms with Crippen molar-refractivity contribution in [3.63, 3.8) is 0 Å². The molecule has 0 saturated carbocycles. The van der Waals surface area contributed by atoms with Gasteiger partial charge in [0.1, 0.15) is 12.5 Å². The molecule has 1 heterocycles. The average molecular weight is 288 g/mol. The Bertz CT molecular complexity index is 511. The fourth-order valence-electron chi connectivity index (χ4n) is 1.68. The van der Waals surface area contributed by atoms with Gasteiger partial charge in [0, 0.05) is 18.3 Å². The third-order valence-corrected chi connectivity index (χ3v) is 2.63. The normalized spacial score (nSPS) is 10.1. The Balaban J connectivity index is 0.00000180. The van der Waals surface area contributed by atoms with E-state index in [2.05, 4.69) is 10.4 Å². The fraction of sp³-hybridized carbons (Fsp3) is 0.308. The molecule has 0 radical (unpaired) electrons. The monoisotopic (exact) mass is 287 g/mol. The van der Waals surface area contributed by atoms with Crippen LogP contribution in [0.15, 0.2) is 30.5 Å². The van der Waals surface area contributed by atoms with Crippen LogP contribution in [0.1, 0.15) is 11.1 Å². The first-order valence-electron chi connectivity index (χ1n) is 5.77. The van der Waals surface area contributed by atoms with Gasteiger partial charge in [0.25, 0.3) is 0 Å². The van der Waals surface area contributed by atoms with Crippen molar-refractivity contribution >= 4 is 18.2 Å². The van der Waals surface area contributed by atoms with Crippen LogP contribution < -0.4 is 5.32 Å². The van der Waals surface area contributed by atoms with Gasteiger partial charge in [0.15, 0.2) is 5.82 Å². The topological polar surface area (TPSA) is 29.9 Å². The van der Waals surface area contributed by atoms with Crippen LogP contribution in [0.3, 0.4) is 0 Å². The van der Waals surface area contributed by atoms with E-state index < -0.39 is 6.67 Å². The Kier molecular flexibility index (Phi) is 5.76. The first-order chi connectivity index (χ1) is 8.69. The van der Waals surface area contributed by atoms with Crippen molar-refractivity contribution in [2.75, 3.05) is 12.0 Å². The summed E-state index contributed by atoms with van der Waals surface area (Å²) < 4.78 is 26.5. The lowest BCUT2D eigenvalue weighted by Gasteiger charge is -2.04. The maximum Gasteiger partial charge on any atom is 0.151 e. The molecule has 0 aliphatic rings. The highest BCUT2D eigenvalue weighted by Crippen LogP contribution is 2.13. The summed E-state index contributed by atoms with van der Waals surface area (Å²) in [6, 6.07) is 6.28. The molecular formula is C13H16ClF2N3. The lowest BCUT2D eigenvalue weighted by atomic mass is 10.2. The summed E-state index contributed by atoms with van der Waals surface area (Å²) >= 11 is 0. The summed E-state index contributed by atoms with van der Waals surface area (Å²) in [5.74, 6) is 0.481. The summed E-state index contributed by atoms with van der Waals surface area (Å²) in [6.45, 7) is 2.31. The third-order valence-electron chi connectivity index (χ3n) is 2.63. The van der Waals surface area contributed by atoms with Crippen molar-refractivity contribution in [1.82, 2.24) is 9.78 Å². The summed E-state index contributed by atoms with van der Waals surface area (Å²) in [7, 11) is 0. The number of hydrogen-bond acceptors (Lipinski definition) is 2. The van der Waals surface area contributed by atoms with E-state index in [4.69, 9.17) is 0 Å². The van der Waals surface area contributed by atoms with Gasteiger partial charge in [-0.2, -0.15) is 5.10 Å². The molecule has 0 amide bonds. The number of anilines is 1. The molecule has 0 aliphatic carbocycles. The highest BCUT2D eigenvalue weighted by molar-refractivity contribution is 5.85. The van der Waals surface area contributed by atoms with Gasteiger partial charge in [-0.15, -0.1) is 12.4 Å². The van der Waals surface area contributed by atoms with E-state index in [1.807, 2.05) is 6.92 Å². The second-order valence-electron chi connectivity index (χ2n) is 4.09. The van der Waals surface area contributed by atoms with Crippen LogP contribution in [0, 0.1) is 12.7 Å². The number of alkyl halides is 1. The van der Waals surface area contributed by atoms with Crippen molar-refractivity contribution in [3.8, 4) is 0 Å². The minimum atomic E-state index is -0.432. The number of nitrogens with one attached hydrogen (secondary N) is 1. The molecule has 104 valence electrons. The van der Waals surface area contributed by atoms with Crippen LogP contribution in [-0.4, -0.2) is 16.5 Å². The number of aromatic nitrogens is 2. The van der Waals surface area contributed by atoms with E-state index in [0.29, 0.717) is 6.54 Å². The molecule has 19 heavy (non-hydrogen) atoms. The van der Waals surface area contributed by atoms with E-state index in [-0.39, 0.29) is 24.8 Å². The van der Waals surface area contributed by atoms with Gasteiger partial charge < -0.3 is 5.32 Å². The Morgan fingerprint density at radius 1 is 1.26 bits per heavy atom. The second-order valence-corrected chi connectivity index (χ2v) is 4.09. The van der Waals surface area contributed by atoms with Crippen molar-refractivity contribution in [1.29, 1.82) is 0 Å². The minimum absolute atomic E-state index is 0. The molecule has 0 spiro atoms. The zero-order valence-corrected chi connectivity index (χ0v) is 11.4. The molecule has 2 aromatic rings. The summed E-state index contributed by atoms with van der Waals surface area (Å²) in [5, 5.41) is 7.37. The maximum absolute atomic E-state index is 12.7. The molecule has 1 N–H and O–H groups in total. The van der Waals surface area contributed by atoms with Gasteiger partial charge in [-0.3, -0.25) is 4.68 Å². The largest absolute Gasteiger partial charge is 0.364 e. The molecule has 0 aliphatic heterocycles. The van der Waals surface area contributed by atoms with Crippen molar-refractivity contribution in [2.45, 2.75) is 20.0 Å². The quantitative estimate of drug-likeness (QED) is 0.914. The fourth-order valence-corrected chi connectivity index (χ4v) is 1.68. The zero-order valence-electron chi connectivity index (χ0n) is 10.6. The number of aryl methyl sites for hydroxylation is 2. The van der Waals surface area contributed by atoms with Crippen LogP contribution in [0.2, 0.25) is 0 Å². The number of halogens is 3. The van der Waals surface area contributed by atoms with Crippen molar-refractivity contribution < 1.29 is 8.78 Å². The minimum Gasteiger partial charge on any atom is -0.364 e. The smallest absolute Gasteiger partial charge is 0.151 e. The molecule has 1 aromatic heterocycles. The molecule has 0 saturated heterocycles. The van der Waals surface area contributed by atoms with E-state index >= 15 is 0 Å². The van der Waals surface area contributed by atoms with Gasteiger partial charge in [-0.25, -0.2) is 8.78 Å². The van der Waals surface area contributed by atoms with Crippen molar-refractivity contribution in [3.05, 3.63) is 47.4 Å². The van der Waals surface area contributed by atoms with E-state index in [1.54, 1.807) is 23.0 Å². The van der Waals surface area contributed by atoms with Crippen LogP contribution in [0.5, 0.6) is 0 Å². The lowest BCUT2D eigenvalue weighted by Crippen LogP contribution is -2.04. The number of hydrogen-bond donors (Lipinski definition) is 1. The molecule has 0 bridgehead atoms. The van der Waals surface area contributed by atoms with E-state index in [1.165, 1.54) is 12.1 Å². The standard InChI is InChI=1S/C13H15F2N3.ClH/c1-10-9-18(7-6-14)17-13(10)16-8-11-2-4-12(15)5-3-11;/h2-5,9H,6-8H2,1H3,(H,16,17);1H.